The van der Waals surface area contributed by atoms with Crippen LogP contribution in [-0.2, 0) is 0 Å². The maximum Gasteiger partial charge on any atom is 0.252 e. The van der Waals surface area contributed by atoms with E-state index in [1.54, 1.807) is 6.07 Å². The second kappa shape index (κ2) is 4.51. The maximum absolute atomic E-state index is 11.5. The Kier molecular flexibility index (Phi) is 2.83. The minimum Gasteiger partial charge on any atom is -0.367 e. The molecule has 1 saturated carbocycles. The Morgan fingerprint density at radius 2 is 2.05 bits per heavy atom. The average Bonchev–Trinajstić information content (AvgIpc) is 2.36. The lowest BCUT2D eigenvalue weighted by atomic mass is 9.87. The third-order valence-corrected chi connectivity index (χ3v) is 3.50. The molecule has 3 rings (SSSR count). The molecule has 0 bridgehead atoms. The molecule has 1 amide bonds. The molecule has 19 heavy (non-hydrogen) atoms. The molecule has 5 N–H and O–H groups in total. The number of hydrogen-bond acceptors (Lipinski definition) is 4. The van der Waals surface area contributed by atoms with Gasteiger partial charge in [0.05, 0.1) is 11.1 Å². The van der Waals surface area contributed by atoms with Crippen molar-refractivity contribution in [2.24, 2.45) is 11.5 Å². The van der Waals surface area contributed by atoms with Crippen molar-refractivity contribution in [1.29, 1.82) is 0 Å². The van der Waals surface area contributed by atoms with Crippen LogP contribution in [0.1, 0.15) is 23.2 Å². The van der Waals surface area contributed by atoms with E-state index in [4.69, 9.17) is 11.5 Å². The van der Waals surface area contributed by atoms with Crippen LogP contribution in [0.3, 0.4) is 0 Å². The number of primary amides is 1. The number of nitrogens with one attached hydrogen (secondary N) is 1. The molecule has 5 heteroatoms. The van der Waals surface area contributed by atoms with Gasteiger partial charge in [-0.1, -0.05) is 18.2 Å². The fraction of sp³-hybridized carbons (Fsp3) is 0.286. The van der Waals surface area contributed by atoms with Crippen molar-refractivity contribution in [3.05, 3.63) is 35.9 Å². The van der Waals surface area contributed by atoms with E-state index in [0.29, 0.717) is 11.4 Å². The molecule has 0 atom stereocenters. The molecule has 1 aromatic heterocycles. The Balaban J connectivity index is 2.00. The van der Waals surface area contributed by atoms with Crippen molar-refractivity contribution in [2.45, 2.75) is 24.9 Å². The highest BCUT2D eigenvalue weighted by atomic mass is 16.1. The summed E-state index contributed by atoms with van der Waals surface area (Å²) in [6.07, 6.45) is 1.79. The van der Waals surface area contributed by atoms with E-state index in [1.807, 2.05) is 24.3 Å². The number of carbonyl (C=O) groups excluding carboxylic acids is 1. The molecule has 0 saturated heterocycles. The first-order valence-corrected chi connectivity index (χ1v) is 6.35. The highest BCUT2D eigenvalue weighted by Gasteiger charge is 2.27. The van der Waals surface area contributed by atoms with Gasteiger partial charge in [-0.15, -0.1) is 0 Å². The van der Waals surface area contributed by atoms with E-state index in [9.17, 15) is 4.79 Å². The molecule has 5 nitrogen and oxygen atoms in total. The quantitative estimate of drug-likeness (QED) is 0.770. The van der Waals surface area contributed by atoms with E-state index in [1.165, 1.54) is 0 Å². The minimum absolute atomic E-state index is 0.245. The van der Waals surface area contributed by atoms with Crippen molar-refractivity contribution in [1.82, 2.24) is 4.98 Å². The lowest BCUT2D eigenvalue weighted by Gasteiger charge is -2.33. The first-order chi connectivity index (χ1) is 9.13. The zero-order valence-corrected chi connectivity index (χ0v) is 10.5. The van der Waals surface area contributed by atoms with E-state index >= 15 is 0 Å². The zero-order valence-electron chi connectivity index (χ0n) is 10.5. The van der Waals surface area contributed by atoms with Gasteiger partial charge in [0.2, 0.25) is 0 Å². The van der Waals surface area contributed by atoms with Gasteiger partial charge in [0.25, 0.3) is 5.91 Å². The Morgan fingerprint density at radius 3 is 2.74 bits per heavy atom. The number of nitrogens with two attached hydrogens (primary N) is 2. The van der Waals surface area contributed by atoms with Gasteiger partial charge < -0.3 is 16.8 Å². The third kappa shape index (κ3) is 2.24. The summed E-state index contributed by atoms with van der Waals surface area (Å²) in [6, 6.07) is 9.97. The van der Waals surface area contributed by atoms with E-state index < -0.39 is 5.91 Å². The molecule has 1 fully saturated rings. The highest BCUT2D eigenvalue weighted by molar-refractivity contribution is 6.01. The van der Waals surface area contributed by atoms with E-state index in [0.717, 1.165) is 23.7 Å². The second-order valence-electron chi connectivity index (χ2n) is 5.01. The van der Waals surface area contributed by atoms with Crippen molar-refractivity contribution in [3.8, 4) is 0 Å². The minimum atomic E-state index is -0.468. The smallest absolute Gasteiger partial charge is 0.252 e. The summed E-state index contributed by atoms with van der Waals surface area (Å²) in [5, 5.41) is 4.17. The Morgan fingerprint density at radius 1 is 1.32 bits per heavy atom. The van der Waals surface area contributed by atoms with Crippen LogP contribution >= 0.6 is 0 Å². The highest BCUT2D eigenvalue weighted by Crippen LogP contribution is 2.26. The summed E-state index contributed by atoms with van der Waals surface area (Å²) < 4.78 is 0. The van der Waals surface area contributed by atoms with Gasteiger partial charge in [0.1, 0.15) is 5.82 Å². The van der Waals surface area contributed by atoms with Gasteiger partial charge in [0.15, 0.2) is 0 Å². The standard InChI is InChI=1S/C14H16N4O/c15-9-6-10(7-9)17-14-11(13(16)19)5-8-3-1-2-4-12(8)18-14/h1-5,9-10H,6-7,15H2,(H2,16,19)(H,17,18). The van der Waals surface area contributed by atoms with Crippen LogP contribution in [0, 0.1) is 0 Å². The number of aromatic nitrogens is 1. The summed E-state index contributed by atoms with van der Waals surface area (Å²) in [4.78, 5) is 16.0. The van der Waals surface area contributed by atoms with Crippen molar-refractivity contribution in [2.75, 3.05) is 5.32 Å². The predicted octanol–water partition coefficient (Wildman–Crippen LogP) is 1.24. The number of anilines is 1. The van der Waals surface area contributed by atoms with Crippen LogP contribution in [0.25, 0.3) is 10.9 Å². The zero-order chi connectivity index (χ0) is 13.4. The second-order valence-corrected chi connectivity index (χ2v) is 5.01. The number of fused-ring (bicyclic) bond motifs is 1. The largest absolute Gasteiger partial charge is 0.367 e. The van der Waals surface area contributed by atoms with Crippen LogP contribution in [0.5, 0.6) is 0 Å². The summed E-state index contributed by atoms with van der Waals surface area (Å²) in [5.74, 6) is 0.0903. The van der Waals surface area contributed by atoms with Gasteiger partial charge in [0, 0.05) is 17.5 Å². The molecule has 1 aliphatic rings. The maximum atomic E-state index is 11.5. The van der Waals surface area contributed by atoms with Crippen LogP contribution in [0.2, 0.25) is 0 Å². The van der Waals surface area contributed by atoms with Gasteiger partial charge in [-0.2, -0.15) is 0 Å². The summed E-state index contributed by atoms with van der Waals surface area (Å²) >= 11 is 0. The number of rotatable bonds is 3. The monoisotopic (exact) mass is 256 g/mol. The first-order valence-electron chi connectivity index (χ1n) is 6.35. The van der Waals surface area contributed by atoms with Crippen LogP contribution in [0.4, 0.5) is 5.82 Å². The lowest BCUT2D eigenvalue weighted by molar-refractivity contribution is 0.100. The SMILES string of the molecule is NC(=O)c1cc2ccccc2nc1NC1CC(N)C1. The number of benzene rings is 1. The molecular formula is C14H16N4O. The molecule has 0 unspecified atom stereocenters. The molecule has 1 aromatic carbocycles. The van der Waals surface area contributed by atoms with Crippen LogP contribution in [-0.4, -0.2) is 23.0 Å². The molecule has 0 radical (unpaired) electrons. The fourth-order valence-electron chi connectivity index (χ4n) is 2.39. The first kappa shape index (κ1) is 11.9. The molecule has 1 aliphatic carbocycles. The summed E-state index contributed by atoms with van der Waals surface area (Å²) in [7, 11) is 0. The number of para-hydroxylation sites is 1. The van der Waals surface area contributed by atoms with Gasteiger partial charge in [-0.05, 0) is 25.0 Å². The lowest BCUT2D eigenvalue weighted by Crippen LogP contribution is -2.44. The average molecular weight is 256 g/mol. The summed E-state index contributed by atoms with van der Waals surface area (Å²) in [5.41, 5.74) is 12.5. The molecule has 0 aliphatic heterocycles. The van der Waals surface area contributed by atoms with Crippen LogP contribution in [0.15, 0.2) is 30.3 Å². The molecular weight excluding hydrogens is 240 g/mol. The third-order valence-electron chi connectivity index (χ3n) is 3.50. The predicted molar refractivity (Wildman–Crippen MR) is 74.9 cm³/mol. The fourth-order valence-corrected chi connectivity index (χ4v) is 2.39. The molecule has 2 aromatic rings. The molecule has 98 valence electrons. The van der Waals surface area contributed by atoms with Gasteiger partial charge in [-0.25, -0.2) is 4.98 Å². The normalized spacial score (nSPS) is 21.9. The van der Waals surface area contributed by atoms with Crippen molar-refractivity contribution < 1.29 is 4.79 Å². The topological polar surface area (TPSA) is 94.0 Å². The van der Waals surface area contributed by atoms with E-state index in [-0.39, 0.29) is 12.1 Å². The Hall–Kier alpha value is -2.14. The Labute approximate surface area is 111 Å². The van der Waals surface area contributed by atoms with Crippen molar-refractivity contribution >= 4 is 22.6 Å². The van der Waals surface area contributed by atoms with Gasteiger partial charge in [-0.3, -0.25) is 4.79 Å². The summed E-state index contributed by atoms with van der Waals surface area (Å²) in [6.45, 7) is 0. The Bertz CT molecular complexity index is 634. The molecule has 1 heterocycles. The molecule has 0 spiro atoms. The number of hydrogen-bond donors (Lipinski definition) is 3. The van der Waals surface area contributed by atoms with Crippen molar-refractivity contribution in [3.63, 3.8) is 0 Å². The number of amides is 1. The number of pyridine rings is 1. The van der Waals surface area contributed by atoms with E-state index in [2.05, 4.69) is 10.3 Å². The van der Waals surface area contributed by atoms with Crippen LogP contribution < -0.4 is 16.8 Å². The number of nitrogens with zero attached hydrogens (tertiary/aromatic N) is 1. The number of carbonyl (C=O) groups is 1. The van der Waals surface area contributed by atoms with Gasteiger partial charge >= 0.3 is 0 Å².